The number of aromatic nitrogens is 1. The SMILES string of the molecule is Cc1nc2c(o1)N(c1ccccc1)C(N)=C(C#N)C2c1cccc(I)c1. The Bertz CT molecular complexity index is 1050. The average Bonchev–Trinajstić information content (AvgIpc) is 3.01. The Morgan fingerprint density at radius 1 is 1.19 bits per heavy atom. The molecule has 0 saturated carbocycles. The maximum atomic E-state index is 9.88. The number of nitrogens with two attached hydrogens (primary N) is 1. The summed E-state index contributed by atoms with van der Waals surface area (Å²) in [5.41, 5.74) is 9.43. The lowest BCUT2D eigenvalue weighted by molar-refractivity contribution is 0.522. The Morgan fingerprint density at radius 2 is 1.96 bits per heavy atom. The van der Waals surface area contributed by atoms with Crippen LogP contribution in [0.5, 0.6) is 0 Å². The molecule has 6 heteroatoms. The molecule has 2 heterocycles. The van der Waals surface area contributed by atoms with Crippen LogP contribution in [0.25, 0.3) is 0 Å². The summed E-state index contributed by atoms with van der Waals surface area (Å²) in [6, 6.07) is 19.9. The maximum Gasteiger partial charge on any atom is 0.230 e. The largest absolute Gasteiger partial charge is 0.424 e. The van der Waals surface area contributed by atoms with Crippen molar-refractivity contribution in [3.8, 4) is 6.07 Å². The number of aryl methyl sites for hydroxylation is 1. The van der Waals surface area contributed by atoms with Gasteiger partial charge in [0.25, 0.3) is 0 Å². The number of allylic oxidation sites excluding steroid dienone is 1. The van der Waals surface area contributed by atoms with Gasteiger partial charge in [-0.25, -0.2) is 4.98 Å². The van der Waals surface area contributed by atoms with E-state index in [-0.39, 0.29) is 5.92 Å². The van der Waals surface area contributed by atoms with Gasteiger partial charge >= 0.3 is 0 Å². The predicted molar refractivity (Wildman–Crippen MR) is 108 cm³/mol. The summed E-state index contributed by atoms with van der Waals surface area (Å²) in [4.78, 5) is 6.36. The first-order valence-corrected chi connectivity index (χ1v) is 9.15. The maximum absolute atomic E-state index is 9.88. The van der Waals surface area contributed by atoms with Gasteiger partial charge in [0, 0.05) is 10.5 Å². The molecule has 5 nitrogen and oxygen atoms in total. The quantitative estimate of drug-likeness (QED) is 0.575. The van der Waals surface area contributed by atoms with Crippen LogP contribution in [0.2, 0.25) is 0 Å². The number of oxazole rings is 1. The molecule has 128 valence electrons. The minimum Gasteiger partial charge on any atom is -0.424 e. The molecular formula is C20H15IN4O. The third-order valence-electron chi connectivity index (χ3n) is 4.34. The Kier molecular flexibility index (Phi) is 4.17. The number of para-hydroxylation sites is 1. The molecule has 0 fully saturated rings. The summed E-state index contributed by atoms with van der Waals surface area (Å²) < 4.78 is 6.99. The standard InChI is InChI=1S/C20H15IN4O/c1-12-24-18-17(13-6-5-7-14(21)10-13)16(11-22)19(23)25(20(18)26-12)15-8-3-2-4-9-15/h2-10,17H,23H2,1H3. The van der Waals surface area contributed by atoms with E-state index in [0.29, 0.717) is 28.9 Å². The second-order valence-corrected chi connectivity index (χ2v) is 7.24. The molecule has 1 atom stereocenters. The molecule has 2 aromatic carbocycles. The van der Waals surface area contributed by atoms with Gasteiger partial charge in [-0.2, -0.15) is 5.26 Å². The Hall–Kier alpha value is -2.79. The van der Waals surface area contributed by atoms with E-state index in [0.717, 1.165) is 14.8 Å². The fraction of sp³-hybridized carbons (Fsp3) is 0.100. The number of hydrogen-bond donors (Lipinski definition) is 1. The molecule has 3 aromatic rings. The summed E-state index contributed by atoms with van der Waals surface area (Å²) in [5.74, 6) is 1.13. The van der Waals surface area contributed by atoms with Crippen molar-refractivity contribution in [3.63, 3.8) is 0 Å². The normalized spacial score (nSPS) is 16.3. The van der Waals surface area contributed by atoms with Crippen LogP contribution in [0.3, 0.4) is 0 Å². The molecule has 0 amide bonds. The van der Waals surface area contributed by atoms with E-state index in [9.17, 15) is 5.26 Å². The minimum atomic E-state index is -0.345. The molecule has 2 N–H and O–H groups in total. The third kappa shape index (κ3) is 2.65. The molecule has 0 aliphatic carbocycles. The van der Waals surface area contributed by atoms with Crippen LogP contribution < -0.4 is 10.6 Å². The van der Waals surface area contributed by atoms with Crippen molar-refractivity contribution in [2.75, 3.05) is 4.90 Å². The van der Waals surface area contributed by atoms with Crippen LogP contribution >= 0.6 is 22.6 Å². The van der Waals surface area contributed by atoms with Gasteiger partial charge in [0.1, 0.15) is 11.5 Å². The van der Waals surface area contributed by atoms with Crippen molar-refractivity contribution in [1.82, 2.24) is 4.98 Å². The van der Waals surface area contributed by atoms with Gasteiger partial charge in [-0.1, -0.05) is 30.3 Å². The van der Waals surface area contributed by atoms with Crippen LogP contribution in [0, 0.1) is 21.8 Å². The third-order valence-corrected chi connectivity index (χ3v) is 5.01. The second kappa shape index (κ2) is 6.50. The minimum absolute atomic E-state index is 0.345. The molecule has 1 aromatic heterocycles. The topological polar surface area (TPSA) is 79.1 Å². The van der Waals surface area contributed by atoms with Crippen molar-refractivity contribution in [1.29, 1.82) is 5.26 Å². The number of nitriles is 1. The number of anilines is 2. The van der Waals surface area contributed by atoms with Gasteiger partial charge in [-0.3, -0.25) is 4.90 Å². The highest BCUT2D eigenvalue weighted by molar-refractivity contribution is 14.1. The zero-order valence-electron chi connectivity index (χ0n) is 14.0. The number of fused-ring (bicyclic) bond motifs is 1. The van der Waals surface area contributed by atoms with Crippen molar-refractivity contribution in [2.45, 2.75) is 12.8 Å². The molecule has 1 aliphatic rings. The zero-order valence-corrected chi connectivity index (χ0v) is 16.1. The van der Waals surface area contributed by atoms with Gasteiger partial charge in [0.2, 0.25) is 5.88 Å². The molecule has 0 saturated heterocycles. The summed E-state index contributed by atoms with van der Waals surface area (Å²) >= 11 is 2.26. The van der Waals surface area contributed by atoms with Gasteiger partial charge in [-0.15, -0.1) is 0 Å². The zero-order chi connectivity index (χ0) is 18.3. The highest BCUT2D eigenvalue weighted by Crippen LogP contribution is 2.46. The van der Waals surface area contributed by atoms with Crippen LogP contribution in [0.15, 0.2) is 70.4 Å². The second-order valence-electron chi connectivity index (χ2n) is 5.99. The molecule has 0 radical (unpaired) electrons. The summed E-state index contributed by atoms with van der Waals surface area (Å²) in [5, 5.41) is 9.88. The molecule has 0 bridgehead atoms. The smallest absolute Gasteiger partial charge is 0.230 e. The van der Waals surface area contributed by atoms with Gasteiger partial charge in [0.05, 0.1) is 23.2 Å². The number of nitrogens with zero attached hydrogens (tertiary/aromatic N) is 3. The van der Waals surface area contributed by atoms with Gasteiger partial charge in [-0.05, 0) is 52.4 Å². The van der Waals surface area contributed by atoms with Gasteiger partial charge in [0.15, 0.2) is 5.89 Å². The number of hydrogen-bond acceptors (Lipinski definition) is 5. The first-order chi connectivity index (χ1) is 12.6. The van der Waals surface area contributed by atoms with Crippen molar-refractivity contribution in [3.05, 3.63) is 86.7 Å². The molecule has 26 heavy (non-hydrogen) atoms. The first kappa shape index (κ1) is 16.7. The van der Waals surface area contributed by atoms with Crippen LogP contribution in [-0.2, 0) is 0 Å². The van der Waals surface area contributed by atoms with E-state index in [2.05, 4.69) is 33.6 Å². The van der Waals surface area contributed by atoms with Crippen molar-refractivity contribution < 1.29 is 4.42 Å². The van der Waals surface area contributed by atoms with E-state index in [1.165, 1.54) is 0 Å². The average molecular weight is 454 g/mol. The van der Waals surface area contributed by atoms with Gasteiger partial charge < -0.3 is 10.2 Å². The lowest BCUT2D eigenvalue weighted by atomic mass is 9.86. The lowest BCUT2D eigenvalue weighted by Crippen LogP contribution is -2.31. The van der Waals surface area contributed by atoms with E-state index >= 15 is 0 Å². The van der Waals surface area contributed by atoms with E-state index < -0.39 is 0 Å². The van der Waals surface area contributed by atoms with Crippen LogP contribution in [0.4, 0.5) is 11.6 Å². The summed E-state index contributed by atoms with van der Waals surface area (Å²) in [6.07, 6.45) is 0. The Balaban J connectivity index is 1.98. The highest BCUT2D eigenvalue weighted by Gasteiger charge is 2.38. The molecule has 1 aliphatic heterocycles. The number of benzene rings is 2. The van der Waals surface area contributed by atoms with Crippen molar-refractivity contribution >= 4 is 34.2 Å². The first-order valence-electron chi connectivity index (χ1n) is 8.08. The predicted octanol–water partition coefficient (Wildman–Crippen LogP) is 4.57. The molecule has 4 rings (SSSR count). The fourth-order valence-electron chi connectivity index (χ4n) is 3.26. The van der Waals surface area contributed by atoms with Crippen LogP contribution in [-0.4, -0.2) is 4.98 Å². The fourth-order valence-corrected chi connectivity index (χ4v) is 3.83. The van der Waals surface area contributed by atoms with E-state index in [4.69, 9.17) is 10.2 Å². The summed E-state index contributed by atoms with van der Waals surface area (Å²) in [6.45, 7) is 1.80. The molecule has 0 spiro atoms. The monoisotopic (exact) mass is 454 g/mol. The molecule has 1 unspecified atom stereocenters. The van der Waals surface area contributed by atoms with Crippen LogP contribution in [0.1, 0.15) is 23.1 Å². The number of halogens is 1. The number of rotatable bonds is 2. The Labute approximate surface area is 164 Å². The molecular weight excluding hydrogens is 439 g/mol. The van der Waals surface area contributed by atoms with E-state index in [1.807, 2.05) is 54.6 Å². The highest BCUT2D eigenvalue weighted by atomic mass is 127. The van der Waals surface area contributed by atoms with E-state index in [1.54, 1.807) is 11.8 Å². The lowest BCUT2D eigenvalue weighted by Gasteiger charge is -2.31. The van der Waals surface area contributed by atoms with Crippen molar-refractivity contribution in [2.24, 2.45) is 5.73 Å². The Morgan fingerprint density at radius 3 is 2.65 bits per heavy atom. The summed E-state index contributed by atoms with van der Waals surface area (Å²) in [7, 11) is 0.